The van der Waals surface area contributed by atoms with Crippen LogP contribution in [0.1, 0.15) is 20.3 Å². The molecule has 0 atom stereocenters. The second-order valence-electron chi connectivity index (χ2n) is 4.77. The highest BCUT2D eigenvalue weighted by atomic mass is 16.5. The first kappa shape index (κ1) is 15.2. The van der Waals surface area contributed by atoms with Gasteiger partial charge in [-0.15, -0.1) is 0 Å². The molecule has 2 N–H and O–H groups in total. The summed E-state index contributed by atoms with van der Waals surface area (Å²) in [6.07, 6.45) is 4.67. The van der Waals surface area contributed by atoms with Crippen LogP contribution in [0.15, 0.2) is 18.0 Å². The fourth-order valence-corrected chi connectivity index (χ4v) is 1.87. The second kappa shape index (κ2) is 7.03. The minimum atomic E-state index is 0.591. The Bertz CT molecular complexity index is 634. The molecule has 0 saturated heterocycles. The van der Waals surface area contributed by atoms with E-state index in [0.717, 1.165) is 35.5 Å². The summed E-state index contributed by atoms with van der Waals surface area (Å²) in [6, 6.07) is 0. The molecule has 0 aliphatic rings. The minimum Gasteiger partial charge on any atom is -0.385 e. The van der Waals surface area contributed by atoms with Gasteiger partial charge in [0.25, 0.3) is 0 Å². The van der Waals surface area contributed by atoms with Crippen LogP contribution in [-0.2, 0) is 11.8 Å². The molecule has 0 fully saturated rings. The standard InChI is InChI=1S/C14H22N6O/c1-5-10(2)17-12-11-9-16-20(3)13(11)19-14(18-12)15-7-6-8-21-4/h5,9H,6-8H2,1-4H3,(H2,15,17,18,19)/b10-5+. The molecule has 0 amide bonds. The molecule has 7 heteroatoms. The van der Waals surface area contributed by atoms with Crippen LogP contribution < -0.4 is 10.6 Å². The van der Waals surface area contributed by atoms with Crippen molar-refractivity contribution in [1.29, 1.82) is 0 Å². The zero-order valence-electron chi connectivity index (χ0n) is 13.0. The van der Waals surface area contributed by atoms with Gasteiger partial charge in [-0.05, 0) is 20.3 Å². The number of rotatable bonds is 7. The van der Waals surface area contributed by atoms with Gasteiger partial charge in [0, 0.05) is 33.0 Å². The van der Waals surface area contributed by atoms with E-state index < -0.39 is 0 Å². The maximum absolute atomic E-state index is 5.03. The van der Waals surface area contributed by atoms with Crippen molar-refractivity contribution in [1.82, 2.24) is 19.7 Å². The number of nitrogens with one attached hydrogen (secondary N) is 2. The molecule has 0 unspecified atom stereocenters. The Kier molecular flexibility index (Phi) is 5.10. The van der Waals surface area contributed by atoms with Crippen LogP contribution in [0, 0.1) is 0 Å². The van der Waals surface area contributed by atoms with Crippen LogP contribution in [0.4, 0.5) is 11.8 Å². The largest absolute Gasteiger partial charge is 0.385 e. The van der Waals surface area contributed by atoms with Gasteiger partial charge in [0.05, 0.1) is 11.6 Å². The minimum absolute atomic E-state index is 0.591. The highest BCUT2D eigenvalue weighted by molar-refractivity contribution is 5.88. The lowest BCUT2D eigenvalue weighted by molar-refractivity contribution is 0.197. The summed E-state index contributed by atoms with van der Waals surface area (Å²) < 4.78 is 6.78. The van der Waals surface area contributed by atoms with Gasteiger partial charge in [-0.2, -0.15) is 15.1 Å². The predicted octanol–water partition coefficient (Wildman–Crippen LogP) is 2.15. The third-order valence-electron chi connectivity index (χ3n) is 3.15. The summed E-state index contributed by atoms with van der Waals surface area (Å²) in [6.45, 7) is 5.45. The first-order chi connectivity index (χ1) is 10.2. The molecule has 21 heavy (non-hydrogen) atoms. The van der Waals surface area contributed by atoms with Crippen LogP contribution in [0.5, 0.6) is 0 Å². The molecule has 0 aliphatic carbocycles. The molecule has 2 aromatic rings. The van der Waals surface area contributed by atoms with E-state index in [1.165, 1.54) is 0 Å². The number of fused-ring (bicyclic) bond motifs is 1. The van der Waals surface area contributed by atoms with Crippen molar-refractivity contribution in [3.8, 4) is 0 Å². The van der Waals surface area contributed by atoms with Crippen molar-refractivity contribution in [3.05, 3.63) is 18.0 Å². The molecule has 0 radical (unpaired) electrons. The number of allylic oxidation sites excluding steroid dienone is 2. The summed E-state index contributed by atoms with van der Waals surface area (Å²) in [7, 11) is 3.57. The molecule has 2 rings (SSSR count). The third-order valence-corrected chi connectivity index (χ3v) is 3.15. The lowest BCUT2D eigenvalue weighted by Gasteiger charge is -2.10. The van der Waals surface area contributed by atoms with Gasteiger partial charge in [-0.25, -0.2) is 0 Å². The molecule has 0 spiro atoms. The summed E-state index contributed by atoms with van der Waals surface area (Å²) >= 11 is 0. The van der Waals surface area contributed by atoms with Crippen molar-refractivity contribution in [2.24, 2.45) is 7.05 Å². The van der Waals surface area contributed by atoms with Crippen molar-refractivity contribution in [2.45, 2.75) is 20.3 Å². The quantitative estimate of drug-likeness (QED) is 0.761. The molecule has 0 bridgehead atoms. The van der Waals surface area contributed by atoms with E-state index in [9.17, 15) is 0 Å². The van der Waals surface area contributed by atoms with E-state index in [1.807, 2.05) is 27.0 Å². The highest BCUT2D eigenvalue weighted by Gasteiger charge is 2.11. The van der Waals surface area contributed by atoms with Crippen LogP contribution in [-0.4, -0.2) is 40.0 Å². The monoisotopic (exact) mass is 290 g/mol. The zero-order chi connectivity index (χ0) is 15.2. The number of aromatic nitrogens is 4. The van der Waals surface area contributed by atoms with Crippen LogP contribution in [0.3, 0.4) is 0 Å². The molecular weight excluding hydrogens is 268 g/mol. The zero-order valence-corrected chi connectivity index (χ0v) is 13.0. The van der Waals surface area contributed by atoms with Crippen LogP contribution in [0.25, 0.3) is 11.0 Å². The summed E-state index contributed by atoms with van der Waals surface area (Å²) in [5.41, 5.74) is 1.83. The summed E-state index contributed by atoms with van der Waals surface area (Å²) in [4.78, 5) is 9.04. The number of ether oxygens (including phenoxy) is 1. The molecule has 114 valence electrons. The maximum atomic E-state index is 5.03. The van der Waals surface area contributed by atoms with Gasteiger partial charge in [0.1, 0.15) is 5.82 Å². The number of methoxy groups -OCH3 is 1. The number of hydrogen-bond acceptors (Lipinski definition) is 6. The van der Waals surface area contributed by atoms with E-state index in [2.05, 4.69) is 25.7 Å². The number of hydrogen-bond donors (Lipinski definition) is 2. The van der Waals surface area contributed by atoms with E-state index >= 15 is 0 Å². The Balaban J connectivity index is 2.27. The average Bonchev–Trinajstić information content (AvgIpc) is 2.85. The fourth-order valence-electron chi connectivity index (χ4n) is 1.87. The summed E-state index contributed by atoms with van der Waals surface area (Å²) in [5, 5.41) is 11.7. The van der Waals surface area contributed by atoms with Gasteiger partial charge < -0.3 is 15.4 Å². The number of aryl methyl sites for hydroxylation is 1. The van der Waals surface area contributed by atoms with Crippen LogP contribution in [0.2, 0.25) is 0 Å². The van der Waals surface area contributed by atoms with Gasteiger partial charge in [0.15, 0.2) is 5.65 Å². The Morgan fingerprint density at radius 2 is 2.24 bits per heavy atom. The number of nitrogens with zero attached hydrogens (tertiary/aromatic N) is 4. The lowest BCUT2D eigenvalue weighted by atomic mass is 10.3. The maximum Gasteiger partial charge on any atom is 0.226 e. The van der Waals surface area contributed by atoms with Gasteiger partial charge in [0.2, 0.25) is 5.95 Å². The van der Waals surface area contributed by atoms with E-state index in [-0.39, 0.29) is 0 Å². The molecule has 0 aliphatic heterocycles. The average molecular weight is 290 g/mol. The predicted molar refractivity (Wildman–Crippen MR) is 84.3 cm³/mol. The first-order valence-corrected chi connectivity index (χ1v) is 6.98. The Hall–Kier alpha value is -2.15. The topological polar surface area (TPSA) is 76.9 Å². The van der Waals surface area contributed by atoms with E-state index in [4.69, 9.17) is 4.74 Å². The lowest BCUT2D eigenvalue weighted by Crippen LogP contribution is -2.10. The van der Waals surface area contributed by atoms with Crippen molar-refractivity contribution < 1.29 is 4.74 Å². The fraction of sp³-hybridized carbons (Fsp3) is 0.500. The smallest absolute Gasteiger partial charge is 0.226 e. The summed E-state index contributed by atoms with van der Waals surface area (Å²) in [5.74, 6) is 1.35. The molecule has 7 nitrogen and oxygen atoms in total. The molecule has 2 aromatic heterocycles. The van der Waals surface area contributed by atoms with Crippen LogP contribution >= 0.6 is 0 Å². The van der Waals surface area contributed by atoms with Crippen molar-refractivity contribution >= 4 is 22.8 Å². The number of anilines is 2. The van der Waals surface area contributed by atoms with Gasteiger partial charge in [-0.3, -0.25) is 4.68 Å². The first-order valence-electron chi connectivity index (χ1n) is 6.98. The SMILES string of the molecule is C/C=C(\C)Nc1nc(NCCCOC)nc2c1cnn2C. The highest BCUT2D eigenvalue weighted by Crippen LogP contribution is 2.22. The second-order valence-corrected chi connectivity index (χ2v) is 4.77. The van der Waals surface area contributed by atoms with Gasteiger partial charge >= 0.3 is 0 Å². The Morgan fingerprint density at radius 3 is 2.95 bits per heavy atom. The van der Waals surface area contributed by atoms with Gasteiger partial charge in [-0.1, -0.05) is 6.08 Å². The molecule has 0 aromatic carbocycles. The molecule has 0 saturated carbocycles. The molecule has 2 heterocycles. The van der Waals surface area contributed by atoms with E-state index in [0.29, 0.717) is 12.6 Å². The normalized spacial score (nSPS) is 11.9. The molecular formula is C14H22N6O. The Morgan fingerprint density at radius 1 is 1.43 bits per heavy atom. The third kappa shape index (κ3) is 3.69. The Labute approximate surface area is 124 Å². The van der Waals surface area contributed by atoms with Crippen molar-refractivity contribution in [3.63, 3.8) is 0 Å². The van der Waals surface area contributed by atoms with Crippen molar-refractivity contribution in [2.75, 3.05) is 30.9 Å². The van der Waals surface area contributed by atoms with E-state index in [1.54, 1.807) is 18.0 Å².